The molecule has 5 nitrogen and oxygen atoms in total. The lowest BCUT2D eigenvalue weighted by molar-refractivity contribution is -0.139. The maximum absolute atomic E-state index is 12.1. The number of aldehydes is 1. The Morgan fingerprint density at radius 1 is 1.30 bits per heavy atom. The predicted molar refractivity (Wildman–Crippen MR) is 79.4 cm³/mol. The number of unbranched alkanes of at least 4 members (excludes halogenated alkanes) is 1. The van der Waals surface area contributed by atoms with Crippen molar-refractivity contribution in [1.82, 2.24) is 5.32 Å². The van der Waals surface area contributed by atoms with Crippen LogP contribution >= 0.6 is 0 Å². The summed E-state index contributed by atoms with van der Waals surface area (Å²) in [6.45, 7) is 6.09. The van der Waals surface area contributed by atoms with Gasteiger partial charge in [0.25, 0.3) is 0 Å². The summed E-state index contributed by atoms with van der Waals surface area (Å²) in [6, 6.07) is -0.932. The molecule has 1 amide bonds. The third-order valence-corrected chi connectivity index (χ3v) is 3.42. The lowest BCUT2D eigenvalue weighted by atomic mass is 9.86. The fourth-order valence-corrected chi connectivity index (χ4v) is 1.99. The highest BCUT2D eigenvalue weighted by atomic mass is 16.4. The second-order valence-electron chi connectivity index (χ2n) is 4.98. The minimum atomic E-state index is -1.09. The van der Waals surface area contributed by atoms with Gasteiger partial charge in [-0.1, -0.05) is 47.5 Å². The molecule has 0 saturated heterocycles. The van der Waals surface area contributed by atoms with E-state index in [4.69, 9.17) is 5.11 Å². The molecule has 0 rings (SSSR count). The van der Waals surface area contributed by atoms with Gasteiger partial charge in [-0.3, -0.25) is 9.59 Å². The van der Waals surface area contributed by atoms with Crippen LogP contribution in [0.1, 0.15) is 60.3 Å². The molecule has 0 saturated carbocycles. The third kappa shape index (κ3) is 7.92. The molecule has 3 atom stereocenters. The van der Waals surface area contributed by atoms with Crippen molar-refractivity contribution in [3.8, 4) is 0 Å². The average molecular weight is 287 g/mol. The first-order valence-electron chi connectivity index (χ1n) is 6.93. The van der Waals surface area contributed by atoms with E-state index in [1.807, 2.05) is 13.8 Å². The summed E-state index contributed by atoms with van der Waals surface area (Å²) in [5.41, 5.74) is 0. The van der Waals surface area contributed by atoms with Crippen LogP contribution in [0, 0.1) is 11.8 Å². The first-order valence-corrected chi connectivity index (χ1v) is 6.93. The van der Waals surface area contributed by atoms with Crippen molar-refractivity contribution in [3.05, 3.63) is 0 Å². The number of carbonyl (C=O) groups excluding carboxylic acids is 2. The van der Waals surface area contributed by atoms with Crippen molar-refractivity contribution in [3.63, 3.8) is 0 Å². The Bertz CT molecular complexity index is 304. The SMILES string of the molecule is C.CCCC[C@@H](C(=O)NC(C=O)CC(=O)O)C(C)CC. The molecule has 0 radical (unpaired) electrons. The number of carboxylic acid groups (broad SMARTS) is 1. The van der Waals surface area contributed by atoms with E-state index in [0.29, 0.717) is 6.29 Å². The standard InChI is InChI=1S/C14H25NO4.CH4/c1-4-6-7-12(10(3)5-2)14(19)15-11(9-16)8-13(17)18;/h9-12H,4-8H2,1-3H3,(H,15,19)(H,17,18);1H4/t10?,11?,12-;/m1./s1. The molecule has 0 aromatic rings. The fraction of sp³-hybridized carbons (Fsp3) is 0.800. The molecular weight excluding hydrogens is 258 g/mol. The number of hydrogen-bond acceptors (Lipinski definition) is 3. The van der Waals surface area contributed by atoms with Crippen LogP contribution in [0.2, 0.25) is 0 Å². The fourth-order valence-electron chi connectivity index (χ4n) is 1.99. The second-order valence-corrected chi connectivity index (χ2v) is 4.98. The second kappa shape index (κ2) is 11.4. The van der Waals surface area contributed by atoms with Gasteiger partial charge in [-0.25, -0.2) is 0 Å². The summed E-state index contributed by atoms with van der Waals surface area (Å²) in [5, 5.41) is 11.2. The third-order valence-electron chi connectivity index (χ3n) is 3.42. The Morgan fingerprint density at radius 2 is 1.90 bits per heavy atom. The number of carboxylic acids is 1. The Labute approximate surface area is 122 Å². The van der Waals surface area contributed by atoms with Crippen LogP contribution in [0.5, 0.6) is 0 Å². The Hall–Kier alpha value is -1.39. The molecule has 0 aliphatic heterocycles. The lowest BCUT2D eigenvalue weighted by Crippen LogP contribution is -2.42. The summed E-state index contributed by atoms with van der Waals surface area (Å²) in [6.07, 6.45) is 3.73. The van der Waals surface area contributed by atoms with Gasteiger partial charge < -0.3 is 15.2 Å². The van der Waals surface area contributed by atoms with E-state index in [1.165, 1.54) is 0 Å². The maximum Gasteiger partial charge on any atom is 0.305 e. The van der Waals surface area contributed by atoms with E-state index in [2.05, 4.69) is 12.2 Å². The average Bonchev–Trinajstić information content (AvgIpc) is 2.37. The Kier molecular flexibility index (Phi) is 12.0. The number of amides is 1. The number of nitrogens with one attached hydrogen (secondary N) is 1. The zero-order chi connectivity index (χ0) is 14.8. The van der Waals surface area contributed by atoms with E-state index < -0.39 is 12.0 Å². The van der Waals surface area contributed by atoms with Crippen LogP contribution in [-0.2, 0) is 14.4 Å². The molecule has 118 valence electrons. The smallest absolute Gasteiger partial charge is 0.305 e. The lowest BCUT2D eigenvalue weighted by Gasteiger charge is -2.23. The molecule has 0 bridgehead atoms. The van der Waals surface area contributed by atoms with Gasteiger partial charge in [0.15, 0.2) is 0 Å². The zero-order valence-corrected chi connectivity index (χ0v) is 12.0. The first-order chi connectivity index (χ1) is 8.96. The highest BCUT2D eigenvalue weighted by molar-refractivity contribution is 5.84. The Balaban J connectivity index is 0. The topological polar surface area (TPSA) is 83.5 Å². The van der Waals surface area contributed by atoms with Crippen LogP contribution in [-0.4, -0.2) is 29.3 Å². The molecule has 0 spiro atoms. The summed E-state index contributed by atoms with van der Waals surface area (Å²) >= 11 is 0. The van der Waals surface area contributed by atoms with Gasteiger partial charge in [-0.15, -0.1) is 0 Å². The van der Waals surface area contributed by atoms with Crippen LogP contribution < -0.4 is 5.32 Å². The summed E-state index contributed by atoms with van der Waals surface area (Å²) in [5.74, 6) is -1.22. The van der Waals surface area contributed by atoms with Gasteiger partial charge in [0, 0.05) is 5.92 Å². The molecule has 0 fully saturated rings. The van der Waals surface area contributed by atoms with Crippen molar-refractivity contribution in [2.75, 3.05) is 0 Å². The maximum atomic E-state index is 12.1. The zero-order valence-electron chi connectivity index (χ0n) is 12.0. The van der Waals surface area contributed by atoms with Crippen molar-refractivity contribution in [1.29, 1.82) is 0 Å². The van der Waals surface area contributed by atoms with Gasteiger partial charge in [0.05, 0.1) is 12.5 Å². The summed E-state index contributed by atoms with van der Waals surface area (Å²) in [7, 11) is 0. The highest BCUT2D eigenvalue weighted by Gasteiger charge is 2.25. The van der Waals surface area contributed by atoms with Crippen LogP contribution in [0.3, 0.4) is 0 Å². The molecule has 0 aromatic heterocycles. The molecule has 0 aromatic carbocycles. The minimum Gasteiger partial charge on any atom is -0.481 e. The van der Waals surface area contributed by atoms with Gasteiger partial charge in [0.1, 0.15) is 6.29 Å². The van der Waals surface area contributed by atoms with Gasteiger partial charge in [-0.2, -0.15) is 0 Å². The number of aliphatic carboxylic acids is 1. The summed E-state index contributed by atoms with van der Waals surface area (Å²) < 4.78 is 0. The normalized spacial score (nSPS) is 14.6. The van der Waals surface area contributed by atoms with Crippen molar-refractivity contribution >= 4 is 18.2 Å². The predicted octanol–water partition coefficient (Wildman–Crippen LogP) is 2.63. The van der Waals surface area contributed by atoms with E-state index in [9.17, 15) is 14.4 Å². The Morgan fingerprint density at radius 3 is 2.30 bits per heavy atom. The van der Waals surface area contributed by atoms with E-state index in [1.54, 1.807) is 0 Å². The number of hydrogen-bond donors (Lipinski definition) is 2. The van der Waals surface area contributed by atoms with E-state index in [-0.39, 0.29) is 31.6 Å². The van der Waals surface area contributed by atoms with E-state index in [0.717, 1.165) is 25.7 Å². The largest absolute Gasteiger partial charge is 0.481 e. The molecule has 20 heavy (non-hydrogen) atoms. The molecule has 0 aliphatic carbocycles. The minimum absolute atomic E-state index is 0. The molecule has 5 heteroatoms. The van der Waals surface area contributed by atoms with Crippen molar-refractivity contribution in [2.24, 2.45) is 11.8 Å². The van der Waals surface area contributed by atoms with Crippen LogP contribution in [0.4, 0.5) is 0 Å². The molecule has 2 N–H and O–H groups in total. The number of carbonyl (C=O) groups is 3. The molecule has 2 unspecified atom stereocenters. The van der Waals surface area contributed by atoms with Gasteiger partial charge in [0.2, 0.25) is 5.91 Å². The van der Waals surface area contributed by atoms with Gasteiger partial charge in [-0.05, 0) is 12.3 Å². The summed E-state index contributed by atoms with van der Waals surface area (Å²) in [4.78, 5) is 33.5. The monoisotopic (exact) mass is 287 g/mol. The molecular formula is C15H29NO4. The van der Waals surface area contributed by atoms with Crippen LogP contribution in [0.25, 0.3) is 0 Å². The molecule has 0 heterocycles. The van der Waals surface area contributed by atoms with E-state index >= 15 is 0 Å². The number of rotatable bonds is 10. The highest BCUT2D eigenvalue weighted by Crippen LogP contribution is 2.21. The quantitative estimate of drug-likeness (QED) is 0.605. The van der Waals surface area contributed by atoms with Crippen molar-refractivity contribution in [2.45, 2.75) is 66.3 Å². The van der Waals surface area contributed by atoms with Crippen LogP contribution in [0.15, 0.2) is 0 Å². The van der Waals surface area contributed by atoms with Crippen molar-refractivity contribution < 1.29 is 19.5 Å². The first kappa shape index (κ1) is 20.9. The molecule has 0 aliphatic rings. The van der Waals surface area contributed by atoms with Gasteiger partial charge >= 0.3 is 5.97 Å².